The van der Waals surface area contributed by atoms with Crippen molar-refractivity contribution in [3.63, 3.8) is 0 Å². The van der Waals surface area contributed by atoms with Crippen LogP contribution in [-0.2, 0) is 0 Å². The number of rotatable bonds is 4. The Hall–Kier alpha value is -1.09. The molecule has 0 saturated carbocycles. The molecule has 1 aromatic heterocycles. The van der Waals surface area contributed by atoms with E-state index in [-0.39, 0.29) is 0 Å². The Morgan fingerprint density at radius 3 is 2.47 bits per heavy atom. The Morgan fingerprint density at radius 2 is 2.07 bits per heavy atom. The minimum atomic E-state index is -0.441. The Bertz CT molecular complexity index is 295. The molecule has 0 radical (unpaired) electrons. The number of hydrogen-bond donors (Lipinski definition) is 1. The molecule has 0 aromatic carbocycles. The smallest absolute Gasteiger partial charge is 0.0957 e. The van der Waals surface area contributed by atoms with E-state index in [1.165, 1.54) is 0 Å². The first kappa shape index (κ1) is 12.0. The third-order valence-corrected chi connectivity index (χ3v) is 2.68. The first-order valence-corrected chi connectivity index (χ1v) is 5.43. The standard InChI is InChI=1S/C12H20N2O/c1-5-12(15)11-7-6-10(8-13-11)14(4)9(2)3/h6-9,12,15H,5H2,1-4H3. The van der Waals surface area contributed by atoms with Gasteiger partial charge in [-0.3, -0.25) is 4.98 Å². The van der Waals surface area contributed by atoms with Crippen molar-refractivity contribution >= 4 is 5.69 Å². The van der Waals surface area contributed by atoms with Gasteiger partial charge < -0.3 is 10.0 Å². The molecule has 0 amide bonds. The molecule has 0 aliphatic heterocycles. The lowest BCUT2D eigenvalue weighted by Crippen LogP contribution is -2.25. The summed E-state index contributed by atoms with van der Waals surface area (Å²) in [6.45, 7) is 6.21. The number of pyridine rings is 1. The summed E-state index contributed by atoms with van der Waals surface area (Å²) < 4.78 is 0. The lowest BCUT2D eigenvalue weighted by molar-refractivity contribution is 0.169. The number of nitrogens with zero attached hydrogens (tertiary/aromatic N) is 2. The lowest BCUT2D eigenvalue weighted by Gasteiger charge is -2.23. The van der Waals surface area contributed by atoms with Crippen molar-refractivity contribution in [2.24, 2.45) is 0 Å². The van der Waals surface area contributed by atoms with Crippen LogP contribution in [-0.4, -0.2) is 23.2 Å². The molecule has 84 valence electrons. The van der Waals surface area contributed by atoms with E-state index in [2.05, 4.69) is 23.7 Å². The normalized spacial score (nSPS) is 12.9. The van der Waals surface area contributed by atoms with Crippen molar-refractivity contribution in [1.29, 1.82) is 0 Å². The van der Waals surface area contributed by atoms with E-state index in [9.17, 15) is 5.11 Å². The average Bonchev–Trinajstić information content (AvgIpc) is 2.27. The maximum absolute atomic E-state index is 9.59. The molecule has 0 aliphatic rings. The van der Waals surface area contributed by atoms with Gasteiger partial charge in [0.1, 0.15) is 0 Å². The molecule has 3 nitrogen and oxygen atoms in total. The van der Waals surface area contributed by atoms with Crippen LogP contribution in [0.3, 0.4) is 0 Å². The molecular formula is C12H20N2O. The lowest BCUT2D eigenvalue weighted by atomic mass is 10.2. The van der Waals surface area contributed by atoms with Crippen molar-refractivity contribution in [1.82, 2.24) is 4.98 Å². The molecule has 0 bridgehead atoms. The maximum atomic E-state index is 9.59. The summed E-state index contributed by atoms with van der Waals surface area (Å²) in [5, 5.41) is 9.59. The van der Waals surface area contributed by atoms with Crippen molar-refractivity contribution in [2.75, 3.05) is 11.9 Å². The topological polar surface area (TPSA) is 36.4 Å². The van der Waals surface area contributed by atoms with Crippen LogP contribution in [0.15, 0.2) is 18.3 Å². The molecular weight excluding hydrogens is 188 g/mol. The zero-order chi connectivity index (χ0) is 11.4. The highest BCUT2D eigenvalue weighted by Crippen LogP contribution is 2.18. The summed E-state index contributed by atoms with van der Waals surface area (Å²) in [5.74, 6) is 0. The van der Waals surface area contributed by atoms with Crippen molar-refractivity contribution < 1.29 is 5.11 Å². The summed E-state index contributed by atoms with van der Waals surface area (Å²) in [4.78, 5) is 6.41. The Balaban J connectivity index is 2.80. The van der Waals surface area contributed by atoms with Crippen LogP contribution in [0.1, 0.15) is 39.0 Å². The third-order valence-electron chi connectivity index (χ3n) is 2.68. The van der Waals surface area contributed by atoms with E-state index < -0.39 is 6.10 Å². The van der Waals surface area contributed by atoms with E-state index in [4.69, 9.17) is 0 Å². The van der Waals surface area contributed by atoms with Gasteiger partial charge in [-0.05, 0) is 32.4 Å². The van der Waals surface area contributed by atoms with Crippen LogP contribution in [0.2, 0.25) is 0 Å². The second kappa shape index (κ2) is 5.12. The van der Waals surface area contributed by atoms with E-state index in [1.807, 2.05) is 32.3 Å². The molecule has 1 heterocycles. The van der Waals surface area contributed by atoms with Crippen LogP contribution >= 0.6 is 0 Å². The molecule has 0 fully saturated rings. The zero-order valence-electron chi connectivity index (χ0n) is 9.94. The highest BCUT2D eigenvalue weighted by molar-refractivity contribution is 5.44. The number of aliphatic hydroxyl groups is 1. The minimum Gasteiger partial charge on any atom is -0.387 e. The van der Waals surface area contributed by atoms with Crippen molar-refractivity contribution in [3.05, 3.63) is 24.0 Å². The number of hydrogen-bond acceptors (Lipinski definition) is 3. The molecule has 1 aromatic rings. The number of anilines is 1. The molecule has 1 N–H and O–H groups in total. The second-order valence-corrected chi connectivity index (χ2v) is 4.07. The molecule has 1 atom stereocenters. The minimum absolute atomic E-state index is 0.441. The molecule has 1 unspecified atom stereocenters. The fraction of sp³-hybridized carbons (Fsp3) is 0.583. The van der Waals surface area contributed by atoms with Gasteiger partial charge in [0, 0.05) is 13.1 Å². The predicted molar refractivity (Wildman–Crippen MR) is 63.0 cm³/mol. The largest absolute Gasteiger partial charge is 0.387 e. The van der Waals surface area contributed by atoms with Gasteiger partial charge in [-0.25, -0.2) is 0 Å². The van der Waals surface area contributed by atoms with Crippen molar-refractivity contribution in [3.8, 4) is 0 Å². The van der Waals surface area contributed by atoms with E-state index in [1.54, 1.807) is 0 Å². The van der Waals surface area contributed by atoms with E-state index in [0.717, 1.165) is 11.4 Å². The van der Waals surface area contributed by atoms with Gasteiger partial charge in [0.25, 0.3) is 0 Å². The van der Waals surface area contributed by atoms with Crippen molar-refractivity contribution in [2.45, 2.75) is 39.3 Å². The summed E-state index contributed by atoms with van der Waals surface area (Å²) in [6, 6.07) is 4.34. The Morgan fingerprint density at radius 1 is 1.40 bits per heavy atom. The predicted octanol–water partition coefficient (Wildman–Crippen LogP) is 2.37. The van der Waals surface area contributed by atoms with Crippen LogP contribution in [0, 0.1) is 0 Å². The van der Waals surface area contributed by atoms with Gasteiger partial charge in [0.2, 0.25) is 0 Å². The summed E-state index contributed by atoms with van der Waals surface area (Å²) >= 11 is 0. The van der Waals surface area contributed by atoms with Gasteiger partial charge >= 0.3 is 0 Å². The summed E-state index contributed by atoms with van der Waals surface area (Å²) in [6.07, 6.45) is 2.07. The van der Waals surface area contributed by atoms with Crippen LogP contribution < -0.4 is 4.90 Å². The number of aromatic nitrogens is 1. The molecule has 3 heteroatoms. The summed E-state index contributed by atoms with van der Waals surface area (Å²) in [5.41, 5.74) is 1.83. The maximum Gasteiger partial charge on any atom is 0.0957 e. The van der Waals surface area contributed by atoms with Gasteiger partial charge in [0.05, 0.1) is 23.7 Å². The zero-order valence-corrected chi connectivity index (χ0v) is 9.94. The van der Waals surface area contributed by atoms with Gasteiger partial charge in [-0.1, -0.05) is 6.92 Å². The Labute approximate surface area is 91.8 Å². The molecule has 0 saturated heterocycles. The highest BCUT2D eigenvalue weighted by Gasteiger charge is 2.08. The van der Waals surface area contributed by atoms with Crippen LogP contribution in [0.5, 0.6) is 0 Å². The quantitative estimate of drug-likeness (QED) is 0.825. The van der Waals surface area contributed by atoms with E-state index >= 15 is 0 Å². The van der Waals surface area contributed by atoms with Crippen LogP contribution in [0.4, 0.5) is 5.69 Å². The monoisotopic (exact) mass is 208 g/mol. The summed E-state index contributed by atoms with van der Waals surface area (Å²) in [7, 11) is 2.04. The second-order valence-electron chi connectivity index (χ2n) is 4.07. The molecule has 1 rings (SSSR count). The molecule has 0 spiro atoms. The van der Waals surface area contributed by atoms with Gasteiger partial charge in [0.15, 0.2) is 0 Å². The fourth-order valence-corrected chi connectivity index (χ4v) is 1.31. The van der Waals surface area contributed by atoms with Crippen LogP contribution in [0.25, 0.3) is 0 Å². The first-order chi connectivity index (χ1) is 7.06. The first-order valence-electron chi connectivity index (χ1n) is 5.43. The molecule has 15 heavy (non-hydrogen) atoms. The number of aliphatic hydroxyl groups excluding tert-OH is 1. The van der Waals surface area contributed by atoms with Gasteiger partial charge in [-0.15, -0.1) is 0 Å². The van der Waals surface area contributed by atoms with E-state index in [0.29, 0.717) is 12.5 Å². The fourth-order valence-electron chi connectivity index (χ4n) is 1.31. The Kier molecular flexibility index (Phi) is 4.09. The highest BCUT2D eigenvalue weighted by atomic mass is 16.3. The third kappa shape index (κ3) is 2.93. The molecule has 0 aliphatic carbocycles. The average molecular weight is 208 g/mol. The SMILES string of the molecule is CCC(O)c1ccc(N(C)C(C)C)cn1. The van der Waals surface area contributed by atoms with Gasteiger partial charge in [-0.2, -0.15) is 0 Å².